The van der Waals surface area contributed by atoms with Crippen molar-refractivity contribution in [1.82, 2.24) is 15.6 Å². The van der Waals surface area contributed by atoms with Gasteiger partial charge < -0.3 is 24.8 Å². The molecule has 4 rings (SSSR count). The summed E-state index contributed by atoms with van der Waals surface area (Å²) in [7, 11) is 1.58. The summed E-state index contributed by atoms with van der Waals surface area (Å²) >= 11 is 1.26. The maximum absolute atomic E-state index is 12.5. The molecule has 0 atom stereocenters. The van der Waals surface area contributed by atoms with Gasteiger partial charge in [-0.05, 0) is 35.9 Å². The van der Waals surface area contributed by atoms with Crippen molar-refractivity contribution < 1.29 is 23.8 Å². The van der Waals surface area contributed by atoms with Gasteiger partial charge in [0.15, 0.2) is 23.1 Å². The quantitative estimate of drug-likeness (QED) is 0.310. The van der Waals surface area contributed by atoms with Crippen LogP contribution in [-0.4, -0.2) is 43.7 Å². The molecule has 2 amide bonds. The number of amides is 2. The smallest absolute Gasteiger partial charge is 0.280 e. The maximum Gasteiger partial charge on any atom is 0.280 e. The van der Waals surface area contributed by atoms with Gasteiger partial charge in [0.05, 0.1) is 23.9 Å². The molecular weight excluding hydrogens is 466 g/mol. The van der Waals surface area contributed by atoms with Crippen LogP contribution in [0.1, 0.15) is 15.4 Å². The second-order valence-electron chi connectivity index (χ2n) is 7.45. The van der Waals surface area contributed by atoms with Crippen molar-refractivity contribution in [2.45, 2.75) is 6.54 Å². The van der Waals surface area contributed by atoms with Crippen LogP contribution in [0.25, 0.3) is 10.2 Å². The van der Waals surface area contributed by atoms with E-state index < -0.39 is 0 Å². The summed E-state index contributed by atoms with van der Waals surface area (Å²) in [5.74, 6) is 1.29. The molecule has 0 radical (unpaired) electrons. The molecule has 180 valence electrons. The number of fused-ring (bicyclic) bond motifs is 1. The number of methoxy groups -OCH3 is 1. The van der Waals surface area contributed by atoms with E-state index in [1.165, 1.54) is 11.3 Å². The zero-order chi connectivity index (χ0) is 24.5. The Kier molecular flexibility index (Phi) is 8.13. The summed E-state index contributed by atoms with van der Waals surface area (Å²) in [4.78, 5) is 29.0. The predicted octanol–water partition coefficient (Wildman–Crippen LogP) is 3.81. The fourth-order valence-electron chi connectivity index (χ4n) is 3.23. The lowest BCUT2D eigenvalue weighted by Crippen LogP contribution is -2.28. The number of nitrogens with zero attached hydrogens (tertiary/aromatic N) is 1. The topological polar surface area (TPSA) is 98.8 Å². The van der Waals surface area contributed by atoms with E-state index in [4.69, 9.17) is 14.2 Å². The van der Waals surface area contributed by atoms with Gasteiger partial charge in [-0.25, -0.2) is 4.98 Å². The average Bonchev–Trinajstić information content (AvgIpc) is 3.33. The molecule has 0 bridgehead atoms. The zero-order valence-corrected chi connectivity index (χ0v) is 20.0. The van der Waals surface area contributed by atoms with Gasteiger partial charge >= 0.3 is 0 Å². The molecule has 8 nitrogen and oxygen atoms in total. The molecule has 0 aliphatic heterocycles. The third-order valence-corrected chi connectivity index (χ3v) is 5.99. The number of hydrogen-bond donors (Lipinski definition) is 2. The van der Waals surface area contributed by atoms with E-state index in [9.17, 15) is 9.59 Å². The number of para-hydroxylation sites is 2. The predicted molar refractivity (Wildman–Crippen MR) is 134 cm³/mol. The Morgan fingerprint density at radius 2 is 1.69 bits per heavy atom. The van der Waals surface area contributed by atoms with Crippen LogP contribution in [0.15, 0.2) is 72.8 Å². The molecule has 1 heterocycles. The second-order valence-corrected chi connectivity index (χ2v) is 8.49. The average molecular weight is 492 g/mol. The summed E-state index contributed by atoms with van der Waals surface area (Å²) in [6.45, 7) is 0.955. The van der Waals surface area contributed by atoms with Crippen LogP contribution in [0.5, 0.6) is 17.2 Å². The minimum absolute atomic E-state index is 0.101. The fourth-order valence-corrected chi connectivity index (χ4v) is 4.14. The molecule has 3 aromatic carbocycles. The number of nitrogens with one attached hydrogen (secondary N) is 2. The van der Waals surface area contributed by atoms with Gasteiger partial charge in [0.1, 0.15) is 12.4 Å². The summed E-state index contributed by atoms with van der Waals surface area (Å²) in [5, 5.41) is 5.97. The number of carbonyl (C=O) groups is 2. The molecule has 0 saturated heterocycles. The number of rotatable bonds is 11. The van der Waals surface area contributed by atoms with Crippen LogP contribution in [0.4, 0.5) is 0 Å². The Morgan fingerprint density at radius 3 is 2.49 bits per heavy atom. The molecule has 0 aliphatic carbocycles. The SMILES string of the molecule is COc1ccccc1OCCNC(=O)c1nc2ccc(OCC(=O)NCc3ccccc3)cc2s1. The van der Waals surface area contributed by atoms with Gasteiger partial charge in [-0.1, -0.05) is 42.5 Å². The van der Waals surface area contributed by atoms with Crippen LogP contribution in [0.3, 0.4) is 0 Å². The highest BCUT2D eigenvalue weighted by atomic mass is 32.1. The van der Waals surface area contributed by atoms with E-state index in [1.54, 1.807) is 31.4 Å². The number of benzene rings is 3. The van der Waals surface area contributed by atoms with Crippen LogP contribution in [0.2, 0.25) is 0 Å². The Hall–Kier alpha value is -4.11. The third-order valence-electron chi connectivity index (χ3n) is 4.97. The number of ether oxygens (including phenoxy) is 3. The third kappa shape index (κ3) is 6.70. The van der Waals surface area contributed by atoms with Gasteiger partial charge in [0, 0.05) is 6.54 Å². The monoisotopic (exact) mass is 491 g/mol. The Labute approximate surface area is 206 Å². The first-order valence-corrected chi connectivity index (χ1v) is 11.8. The normalized spacial score (nSPS) is 10.5. The van der Waals surface area contributed by atoms with E-state index >= 15 is 0 Å². The number of thiazole rings is 1. The van der Waals surface area contributed by atoms with E-state index in [0.717, 1.165) is 10.3 Å². The molecule has 0 saturated carbocycles. The highest BCUT2D eigenvalue weighted by Crippen LogP contribution is 2.27. The first kappa shape index (κ1) is 24.0. The van der Waals surface area contributed by atoms with Gasteiger partial charge in [0.25, 0.3) is 11.8 Å². The molecule has 0 fully saturated rings. The van der Waals surface area contributed by atoms with Crippen molar-refractivity contribution in [3.63, 3.8) is 0 Å². The van der Waals surface area contributed by atoms with E-state index in [2.05, 4.69) is 15.6 Å². The van der Waals surface area contributed by atoms with Crippen molar-refractivity contribution in [3.8, 4) is 17.2 Å². The van der Waals surface area contributed by atoms with E-state index in [1.807, 2.05) is 48.5 Å². The standard InChI is InChI=1S/C26H25N3O5S/c1-32-21-9-5-6-10-22(21)33-14-13-27-25(31)26-29-20-12-11-19(15-23(20)35-26)34-17-24(30)28-16-18-7-3-2-4-8-18/h2-12,15H,13-14,16-17H2,1H3,(H,27,31)(H,28,30). The van der Waals surface area contributed by atoms with Crippen molar-refractivity contribution in [3.05, 3.63) is 83.4 Å². The second kappa shape index (κ2) is 11.8. The van der Waals surface area contributed by atoms with Gasteiger partial charge in [-0.3, -0.25) is 9.59 Å². The number of carbonyl (C=O) groups excluding carboxylic acids is 2. The van der Waals surface area contributed by atoms with Gasteiger partial charge in [-0.2, -0.15) is 0 Å². The van der Waals surface area contributed by atoms with E-state index in [-0.39, 0.29) is 18.4 Å². The summed E-state index contributed by atoms with van der Waals surface area (Å²) < 4.78 is 17.3. The largest absolute Gasteiger partial charge is 0.493 e. The highest BCUT2D eigenvalue weighted by molar-refractivity contribution is 7.20. The molecule has 1 aromatic heterocycles. The molecule has 0 aliphatic rings. The number of aromatic nitrogens is 1. The number of hydrogen-bond acceptors (Lipinski definition) is 7. The summed E-state index contributed by atoms with van der Waals surface area (Å²) in [6, 6.07) is 22.3. The lowest BCUT2D eigenvalue weighted by Gasteiger charge is -2.10. The van der Waals surface area contributed by atoms with Crippen molar-refractivity contribution in [1.29, 1.82) is 0 Å². The van der Waals surface area contributed by atoms with Crippen LogP contribution < -0.4 is 24.8 Å². The first-order chi connectivity index (χ1) is 17.1. The lowest BCUT2D eigenvalue weighted by atomic mass is 10.2. The molecule has 35 heavy (non-hydrogen) atoms. The molecule has 4 aromatic rings. The Balaban J connectivity index is 1.25. The minimum Gasteiger partial charge on any atom is -0.493 e. The van der Waals surface area contributed by atoms with Crippen molar-refractivity contribution >= 4 is 33.4 Å². The molecule has 2 N–H and O–H groups in total. The zero-order valence-electron chi connectivity index (χ0n) is 19.2. The highest BCUT2D eigenvalue weighted by Gasteiger charge is 2.13. The first-order valence-electron chi connectivity index (χ1n) is 11.0. The minimum atomic E-state index is -0.280. The molecule has 0 spiro atoms. The maximum atomic E-state index is 12.5. The Morgan fingerprint density at radius 1 is 0.914 bits per heavy atom. The van der Waals surface area contributed by atoms with Crippen molar-refractivity contribution in [2.75, 3.05) is 26.9 Å². The van der Waals surface area contributed by atoms with Gasteiger partial charge in [0.2, 0.25) is 0 Å². The lowest BCUT2D eigenvalue weighted by molar-refractivity contribution is -0.123. The van der Waals surface area contributed by atoms with Crippen LogP contribution in [0, 0.1) is 0 Å². The van der Waals surface area contributed by atoms with Crippen molar-refractivity contribution in [2.24, 2.45) is 0 Å². The van der Waals surface area contributed by atoms with Crippen LogP contribution >= 0.6 is 11.3 Å². The molecular formula is C26H25N3O5S. The summed E-state index contributed by atoms with van der Waals surface area (Å²) in [5.41, 5.74) is 1.70. The summed E-state index contributed by atoms with van der Waals surface area (Å²) in [6.07, 6.45) is 0. The Bertz CT molecular complexity index is 1290. The van der Waals surface area contributed by atoms with Gasteiger partial charge in [-0.15, -0.1) is 11.3 Å². The van der Waals surface area contributed by atoms with E-state index in [0.29, 0.717) is 47.5 Å². The van der Waals surface area contributed by atoms with Crippen LogP contribution in [-0.2, 0) is 11.3 Å². The molecule has 0 unspecified atom stereocenters. The molecule has 9 heteroatoms. The fraction of sp³-hybridized carbons (Fsp3) is 0.192.